The summed E-state index contributed by atoms with van der Waals surface area (Å²) in [7, 11) is 1.37. The number of hydrogen-bond donors (Lipinski definition) is 0. The van der Waals surface area contributed by atoms with Gasteiger partial charge in [0.15, 0.2) is 6.61 Å². The third kappa shape index (κ3) is 4.13. The quantitative estimate of drug-likeness (QED) is 0.751. The van der Waals surface area contributed by atoms with Crippen LogP contribution in [0.5, 0.6) is 5.75 Å². The molecule has 0 bridgehead atoms. The molecule has 2 aromatic rings. The average molecular weight is 367 g/mol. The maximum atomic E-state index is 12.7. The van der Waals surface area contributed by atoms with Gasteiger partial charge in [-0.25, -0.2) is 4.79 Å². The number of anilines is 1. The number of hydrogen-bond acceptors (Lipinski definition) is 4. The number of carbonyl (C=O) groups is 2. The van der Waals surface area contributed by atoms with Gasteiger partial charge in [0.05, 0.1) is 12.7 Å². The first-order valence-electron chi connectivity index (χ1n) is 9.24. The summed E-state index contributed by atoms with van der Waals surface area (Å²) < 4.78 is 10.5. The molecule has 142 valence electrons. The molecule has 27 heavy (non-hydrogen) atoms. The third-order valence-electron chi connectivity index (χ3n) is 4.87. The number of ether oxygens (including phenoxy) is 2. The lowest BCUT2D eigenvalue weighted by Gasteiger charge is -2.30. The van der Waals surface area contributed by atoms with E-state index in [9.17, 15) is 9.59 Å². The zero-order valence-electron chi connectivity index (χ0n) is 16.0. The minimum absolute atomic E-state index is 0.0388. The second-order valence-electron chi connectivity index (χ2n) is 6.96. The second kappa shape index (κ2) is 8.25. The summed E-state index contributed by atoms with van der Waals surface area (Å²) in [6.45, 7) is 4.85. The maximum absolute atomic E-state index is 12.7. The number of rotatable bonds is 5. The summed E-state index contributed by atoms with van der Waals surface area (Å²) in [5, 5.41) is 0. The number of benzene rings is 2. The number of nitrogens with zero attached hydrogens (tertiary/aromatic N) is 1. The Morgan fingerprint density at radius 2 is 1.85 bits per heavy atom. The van der Waals surface area contributed by atoms with Gasteiger partial charge in [-0.05, 0) is 54.2 Å². The van der Waals surface area contributed by atoms with E-state index in [0.29, 0.717) is 23.8 Å². The molecule has 1 aliphatic rings. The highest BCUT2D eigenvalue weighted by Gasteiger charge is 2.26. The van der Waals surface area contributed by atoms with Crippen molar-refractivity contribution in [3.8, 4) is 5.75 Å². The Morgan fingerprint density at radius 1 is 1.11 bits per heavy atom. The summed E-state index contributed by atoms with van der Waals surface area (Å²) in [5.41, 5.74) is 3.39. The lowest BCUT2D eigenvalue weighted by atomic mass is 9.96. The lowest BCUT2D eigenvalue weighted by Crippen LogP contribution is -2.39. The fourth-order valence-electron chi connectivity index (χ4n) is 3.36. The van der Waals surface area contributed by atoms with Crippen LogP contribution in [-0.4, -0.2) is 32.1 Å². The van der Waals surface area contributed by atoms with Crippen LogP contribution in [0.4, 0.5) is 5.69 Å². The molecule has 0 aliphatic carbocycles. The third-order valence-corrected chi connectivity index (χ3v) is 4.87. The van der Waals surface area contributed by atoms with Crippen molar-refractivity contribution in [2.24, 2.45) is 0 Å². The van der Waals surface area contributed by atoms with E-state index in [1.54, 1.807) is 17.0 Å². The molecule has 3 rings (SSSR count). The highest BCUT2D eigenvalue weighted by Crippen LogP contribution is 2.30. The van der Waals surface area contributed by atoms with E-state index in [4.69, 9.17) is 9.47 Å². The molecule has 2 aromatic carbocycles. The van der Waals surface area contributed by atoms with E-state index in [1.807, 2.05) is 30.3 Å². The second-order valence-corrected chi connectivity index (χ2v) is 6.96. The largest absolute Gasteiger partial charge is 0.484 e. The number of fused-ring (bicyclic) bond motifs is 1. The van der Waals surface area contributed by atoms with Crippen LogP contribution in [0.3, 0.4) is 0 Å². The van der Waals surface area contributed by atoms with Crippen molar-refractivity contribution in [3.63, 3.8) is 0 Å². The standard InChI is InChI=1S/C22H25NO4/c1-15(2)16-9-11-17(12-10-16)27-14-21(24)23-13-5-7-18-19(22(25)26-3)6-4-8-20(18)23/h4,6,8-12,15H,5,7,13-14H2,1-3H3. The molecule has 0 saturated carbocycles. The first kappa shape index (κ1) is 19.0. The zero-order valence-corrected chi connectivity index (χ0v) is 16.0. The highest BCUT2D eigenvalue weighted by molar-refractivity contribution is 5.99. The van der Waals surface area contributed by atoms with Gasteiger partial charge < -0.3 is 14.4 Å². The van der Waals surface area contributed by atoms with Crippen molar-refractivity contribution in [3.05, 3.63) is 59.2 Å². The summed E-state index contributed by atoms with van der Waals surface area (Å²) in [6.07, 6.45) is 1.55. The molecule has 5 heteroatoms. The van der Waals surface area contributed by atoms with Crippen LogP contribution in [0.25, 0.3) is 0 Å². The Kier molecular flexibility index (Phi) is 5.79. The van der Waals surface area contributed by atoms with Crippen LogP contribution >= 0.6 is 0 Å². The first-order valence-corrected chi connectivity index (χ1v) is 9.24. The van der Waals surface area contributed by atoms with E-state index in [0.717, 1.165) is 24.1 Å². The number of amides is 1. The molecular weight excluding hydrogens is 342 g/mol. The molecule has 0 unspecified atom stereocenters. The summed E-state index contributed by atoms with van der Waals surface area (Å²) in [5.74, 6) is 0.636. The van der Waals surface area contributed by atoms with Crippen LogP contribution in [0.2, 0.25) is 0 Å². The minimum atomic E-state index is -0.373. The van der Waals surface area contributed by atoms with Crippen molar-refractivity contribution >= 4 is 17.6 Å². The van der Waals surface area contributed by atoms with E-state index >= 15 is 0 Å². The summed E-state index contributed by atoms with van der Waals surface area (Å²) in [4.78, 5) is 26.4. The molecule has 0 aromatic heterocycles. The maximum Gasteiger partial charge on any atom is 0.338 e. The van der Waals surface area contributed by atoms with Crippen LogP contribution in [-0.2, 0) is 16.0 Å². The molecule has 1 amide bonds. The number of methoxy groups -OCH3 is 1. The van der Waals surface area contributed by atoms with Gasteiger partial charge >= 0.3 is 5.97 Å². The van der Waals surface area contributed by atoms with Gasteiger partial charge in [-0.1, -0.05) is 32.0 Å². The molecule has 1 aliphatic heterocycles. The van der Waals surface area contributed by atoms with E-state index < -0.39 is 0 Å². The molecule has 5 nitrogen and oxygen atoms in total. The highest BCUT2D eigenvalue weighted by atomic mass is 16.5. The molecule has 0 fully saturated rings. The Hall–Kier alpha value is -2.82. The molecule has 0 saturated heterocycles. The zero-order chi connectivity index (χ0) is 19.4. The summed E-state index contributed by atoms with van der Waals surface area (Å²) >= 11 is 0. The topological polar surface area (TPSA) is 55.8 Å². The van der Waals surface area contributed by atoms with E-state index in [2.05, 4.69) is 13.8 Å². The fraction of sp³-hybridized carbons (Fsp3) is 0.364. The first-order chi connectivity index (χ1) is 13.0. The molecule has 1 heterocycles. The van der Waals surface area contributed by atoms with Crippen LogP contribution in [0.1, 0.15) is 47.7 Å². The minimum Gasteiger partial charge on any atom is -0.484 e. The van der Waals surface area contributed by atoms with Crippen LogP contribution < -0.4 is 9.64 Å². The van der Waals surface area contributed by atoms with Crippen molar-refractivity contribution in [2.75, 3.05) is 25.2 Å². The van der Waals surface area contributed by atoms with Gasteiger partial charge in [0.2, 0.25) is 0 Å². The molecule has 0 atom stereocenters. The van der Waals surface area contributed by atoms with Gasteiger partial charge in [0.1, 0.15) is 5.75 Å². The molecule has 0 spiro atoms. The Bertz CT molecular complexity index is 827. The van der Waals surface area contributed by atoms with Gasteiger partial charge in [0.25, 0.3) is 5.91 Å². The Morgan fingerprint density at radius 3 is 2.52 bits per heavy atom. The average Bonchev–Trinajstić information content (AvgIpc) is 2.70. The molecular formula is C22H25NO4. The predicted octanol–water partition coefficient (Wildman–Crippen LogP) is 3.95. The summed E-state index contributed by atoms with van der Waals surface area (Å²) in [6, 6.07) is 13.2. The van der Waals surface area contributed by atoms with Gasteiger partial charge in [-0.3, -0.25) is 4.79 Å². The van der Waals surface area contributed by atoms with Crippen molar-refractivity contribution in [2.45, 2.75) is 32.6 Å². The predicted molar refractivity (Wildman–Crippen MR) is 104 cm³/mol. The van der Waals surface area contributed by atoms with Crippen LogP contribution in [0.15, 0.2) is 42.5 Å². The normalized spacial score (nSPS) is 13.3. The van der Waals surface area contributed by atoms with E-state index in [1.165, 1.54) is 12.7 Å². The number of esters is 1. The van der Waals surface area contributed by atoms with Crippen molar-refractivity contribution < 1.29 is 19.1 Å². The SMILES string of the molecule is COC(=O)c1cccc2c1CCCN2C(=O)COc1ccc(C(C)C)cc1. The van der Waals surface area contributed by atoms with Gasteiger partial charge in [-0.15, -0.1) is 0 Å². The molecule has 0 N–H and O–H groups in total. The van der Waals surface area contributed by atoms with Gasteiger partial charge in [0, 0.05) is 12.2 Å². The lowest BCUT2D eigenvalue weighted by molar-refractivity contribution is -0.120. The Balaban J connectivity index is 1.72. The smallest absolute Gasteiger partial charge is 0.338 e. The van der Waals surface area contributed by atoms with Crippen molar-refractivity contribution in [1.29, 1.82) is 0 Å². The molecule has 0 radical (unpaired) electrons. The Labute approximate surface area is 159 Å². The number of carbonyl (C=O) groups excluding carboxylic acids is 2. The van der Waals surface area contributed by atoms with Gasteiger partial charge in [-0.2, -0.15) is 0 Å². The van der Waals surface area contributed by atoms with E-state index in [-0.39, 0.29) is 18.5 Å². The van der Waals surface area contributed by atoms with Crippen LogP contribution in [0, 0.1) is 0 Å². The fourth-order valence-corrected chi connectivity index (χ4v) is 3.36. The van der Waals surface area contributed by atoms with Crippen molar-refractivity contribution in [1.82, 2.24) is 0 Å². The monoisotopic (exact) mass is 367 g/mol.